The number of hydrogen-bond donors (Lipinski definition) is 3. The van der Waals surface area contributed by atoms with Crippen LogP contribution in [0.4, 0.5) is 11.5 Å². The van der Waals surface area contributed by atoms with Gasteiger partial charge in [0.2, 0.25) is 0 Å². The predicted molar refractivity (Wildman–Crippen MR) is 48.2 cm³/mol. The topological polar surface area (TPSA) is 74.2 Å². The number of carbonyl (C=O) groups is 1. The van der Waals surface area contributed by atoms with Gasteiger partial charge in [0.25, 0.3) is 0 Å². The lowest BCUT2D eigenvalue weighted by Gasteiger charge is -2.18. The molecule has 0 saturated carbocycles. The van der Waals surface area contributed by atoms with Gasteiger partial charge in [0, 0.05) is 19.3 Å². The average molecular weight is 179 g/mol. The Hall–Kier alpha value is -1.78. The van der Waals surface area contributed by atoms with Crippen molar-refractivity contribution in [3.63, 3.8) is 0 Å². The van der Waals surface area contributed by atoms with E-state index >= 15 is 0 Å². The molecule has 0 fully saturated rings. The van der Waals surface area contributed by atoms with Crippen LogP contribution in [0, 0.1) is 0 Å². The van der Waals surface area contributed by atoms with Crippen molar-refractivity contribution in [2.24, 2.45) is 0 Å². The third-order valence-electron chi connectivity index (χ3n) is 1.87. The molecule has 0 aliphatic carbocycles. The molecule has 0 unspecified atom stereocenters. The van der Waals surface area contributed by atoms with Gasteiger partial charge >= 0.3 is 5.97 Å². The summed E-state index contributed by atoms with van der Waals surface area (Å²) in [7, 11) is 0. The number of fused-ring (bicyclic) bond motifs is 1. The normalized spacial score (nSPS) is 13.8. The van der Waals surface area contributed by atoms with Crippen molar-refractivity contribution in [1.82, 2.24) is 4.98 Å². The Morgan fingerprint density at radius 2 is 2.23 bits per heavy atom. The molecule has 0 radical (unpaired) electrons. The van der Waals surface area contributed by atoms with Crippen LogP contribution < -0.4 is 10.6 Å². The molecule has 0 spiro atoms. The van der Waals surface area contributed by atoms with Gasteiger partial charge < -0.3 is 15.7 Å². The predicted octanol–water partition coefficient (Wildman–Crippen LogP) is 0.617. The van der Waals surface area contributed by atoms with Crippen molar-refractivity contribution >= 4 is 17.5 Å². The van der Waals surface area contributed by atoms with E-state index in [0.29, 0.717) is 0 Å². The molecule has 0 amide bonds. The van der Waals surface area contributed by atoms with Gasteiger partial charge in [-0.1, -0.05) is 0 Å². The minimum absolute atomic E-state index is 0.204. The number of rotatable bonds is 1. The maximum Gasteiger partial charge on any atom is 0.337 e. The van der Waals surface area contributed by atoms with Crippen molar-refractivity contribution in [3.05, 3.63) is 17.8 Å². The molecule has 0 saturated heterocycles. The lowest BCUT2D eigenvalue weighted by atomic mass is 10.2. The summed E-state index contributed by atoms with van der Waals surface area (Å²) in [5, 5.41) is 14.8. The summed E-state index contributed by atoms with van der Waals surface area (Å²) in [6.45, 7) is 1.60. The van der Waals surface area contributed by atoms with Gasteiger partial charge in [-0.05, 0) is 6.07 Å². The summed E-state index contributed by atoms with van der Waals surface area (Å²) in [5.74, 6) is -0.237. The molecule has 1 aromatic rings. The molecule has 13 heavy (non-hydrogen) atoms. The molecule has 1 aromatic heterocycles. The van der Waals surface area contributed by atoms with Gasteiger partial charge in [-0.25, -0.2) is 9.78 Å². The molecule has 0 bridgehead atoms. The van der Waals surface area contributed by atoms with Crippen LogP contribution in [-0.2, 0) is 0 Å². The quantitative estimate of drug-likeness (QED) is 0.589. The van der Waals surface area contributed by atoms with Crippen molar-refractivity contribution in [2.75, 3.05) is 23.7 Å². The number of anilines is 2. The van der Waals surface area contributed by atoms with Gasteiger partial charge in [0.1, 0.15) is 5.82 Å². The highest BCUT2D eigenvalue weighted by Gasteiger charge is 2.11. The first-order valence-corrected chi connectivity index (χ1v) is 3.98. The third kappa shape index (κ3) is 1.40. The SMILES string of the molecule is O=C(O)c1cnc2c(c1)NCCN2. The van der Waals surface area contributed by atoms with E-state index in [1.165, 1.54) is 6.20 Å². The van der Waals surface area contributed by atoms with Crippen molar-refractivity contribution < 1.29 is 9.90 Å². The molecular weight excluding hydrogens is 170 g/mol. The Morgan fingerprint density at radius 3 is 3.00 bits per heavy atom. The van der Waals surface area contributed by atoms with E-state index in [0.717, 1.165) is 24.6 Å². The van der Waals surface area contributed by atoms with Crippen LogP contribution in [0.5, 0.6) is 0 Å². The molecule has 1 aliphatic rings. The number of aromatic carboxylic acids is 1. The number of nitrogens with zero attached hydrogens (tertiary/aromatic N) is 1. The van der Waals surface area contributed by atoms with Gasteiger partial charge in [-0.15, -0.1) is 0 Å². The maximum atomic E-state index is 10.6. The number of carboxylic acids is 1. The van der Waals surface area contributed by atoms with Gasteiger partial charge in [-0.2, -0.15) is 0 Å². The van der Waals surface area contributed by atoms with E-state index in [9.17, 15) is 4.79 Å². The lowest BCUT2D eigenvalue weighted by molar-refractivity contribution is 0.0696. The Labute approximate surface area is 74.8 Å². The van der Waals surface area contributed by atoms with Crippen LogP contribution in [0.3, 0.4) is 0 Å². The zero-order valence-electron chi connectivity index (χ0n) is 6.87. The summed E-state index contributed by atoms with van der Waals surface area (Å²) in [5.41, 5.74) is 0.959. The van der Waals surface area contributed by atoms with Crippen LogP contribution in [-0.4, -0.2) is 29.1 Å². The molecule has 2 heterocycles. The number of nitrogens with one attached hydrogen (secondary N) is 2. The smallest absolute Gasteiger partial charge is 0.337 e. The molecule has 2 rings (SSSR count). The summed E-state index contributed by atoms with van der Waals surface area (Å²) >= 11 is 0. The van der Waals surface area contributed by atoms with Crippen molar-refractivity contribution in [1.29, 1.82) is 0 Å². The van der Waals surface area contributed by atoms with E-state index in [4.69, 9.17) is 5.11 Å². The van der Waals surface area contributed by atoms with Gasteiger partial charge in [-0.3, -0.25) is 0 Å². The van der Waals surface area contributed by atoms with Crippen molar-refractivity contribution in [3.8, 4) is 0 Å². The zero-order chi connectivity index (χ0) is 9.26. The molecule has 3 N–H and O–H groups in total. The molecule has 1 aliphatic heterocycles. The number of aromatic nitrogens is 1. The summed E-state index contributed by atoms with van der Waals surface area (Å²) in [4.78, 5) is 14.6. The Morgan fingerprint density at radius 1 is 1.46 bits per heavy atom. The maximum absolute atomic E-state index is 10.6. The van der Waals surface area contributed by atoms with Crippen LogP contribution in [0.2, 0.25) is 0 Å². The van der Waals surface area contributed by atoms with Crippen molar-refractivity contribution in [2.45, 2.75) is 0 Å². The van der Waals surface area contributed by atoms with Crippen LogP contribution in [0.15, 0.2) is 12.3 Å². The number of hydrogen-bond acceptors (Lipinski definition) is 4. The first-order chi connectivity index (χ1) is 6.27. The fraction of sp³-hybridized carbons (Fsp3) is 0.250. The Bertz CT molecular complexity index is 351. The van der Waals surface area contributed by atoms with E-state index in [-0.39, 0.29) is 5.56 Å². The minimum Gasteiger partial charge on any atom is -0.478 e. The molecule has 5 nitrogen and oxygen atoms in total. The minimum atomic E-state index is -0.956. The largest absolute Gasteiger partial charge is 0.478 e. The number of carboxylic acid groups (broad SMARTS) is 1. The fourth-order valence-electron chi connectivity index (χ4n) is 1.24. The lowest BCUT2D eigenvalue weighted by Crippen LogP contribution is -2.21. The van der Waals surface area contributed by atoms with E-state index in [2.05, 4.69) is 15.6 Å². The highest BCUT2D eigenvalue weighted by atomic mass is 16.4. The summed E-state index contributed by atoms with van der Waals surface area (Å²) < 4.78 is 0. The van der Waals surface area contributed by atoms with Crippen LogP contribution >= 0.6 is 0 Å². The Kier molecular flexibility index (Phi) is 1.77. The third-order valence-corrected chi connectivity index (χ3v) is 1.87. The molecular formula is C8H9N3O2. The second-order valence-corrected chi connectivity index (χ2v) is 2.78. The van der Waals surface area contributed by atoms with E-state index < -0.39 is 5.97 Å². The molecule has 5 heteroatoms. The average Bonchev–Trinajstić information content (AvgIpc) is 2.17. The first kappa shape index (κ1) is 7.85. The highest BCUT2D eigenvalue weighted by molar-refractivity contribution is 5.89. The first-order valence-electron chi connectivity index (χ1n) is 3.98. The van der Waals surface area contributed by atoms with E-state index in [1.807, 2.05) is 0 Å². The van der Waals surface area contributed by atoms with E-state index in [1.54, 1.807) is 6.07 Å². The Balaban J connectivity index is 2.40. The standard InChI is InChI=1S/C8H9N3O2/c12-8(13)5-3-6-7(11-4-5)10-2-1-9-6/h3-4,9H,1-2H2,(H,10,11)(H,12,13). The van der Waals surface area contributed by atoms with Gasteiger partial charge in [0.15, 0.2) is 0 Å². The van der Waals surface area contributed by atoms with Crippen LogP contribution in [0.25, 0.3) is 0 Å². The van der Waals surface area contributed by atoms with Crippen LogP contribution in [0.1, 0.15) is 10.4 Å². The monoisotopic (exact) mass is 179 g/mol. The second-order valence-electron chi connectivity index (χ2n) is 2.78. The molecule has 0 aromatic carbocycles. The second kappa shape index (κ2) is 2.93. The summed E-state index contributed by atoms with van der Waals surface area (Å²) in [6.07, 6.45) is 1.35. The summed E-state index contributed by atoms with van der Waals surface area (Å²) in [6, 6.07) is 1.58. The fourth-order valence-corrected chi connectivity index (χ4v) is 1.24. The zero-order valence-corrected chi connectivity index (χ0v) is 6.87. The molecule has 68 valence electrons. The highest BCUT2D eigenvalue weighted by Crippen LogP contribution is 2.22. The molecule has 0 atom stereocenters. The van der Waals surface area contributed by atoms with Gasteiger partial charge in [0.05, 0.1) is 11.3 Å². The number of pyridine rings is 1.